The van der Waals surface area contributed by atoms with E-state index in [9.17, 15) is 4.79 Å². The van der Waals surface area contributed by atoms with E-state index in [-0.39, 0.29) is 0 Å². The number of carbonyl (C=O) groups is 1. The Kier molecular flexibility index (Phi) is 12.8. The van der Waals surface area contributed by atoms with E-state index in [1.807, 2.05) is 6.07 Å². The molecule has 0 bridgehead atoms. The molecule has 28 heavy (non-hydrogen) atoms. The second-order valence-electron chi connectivity index (χ2n) is 6.84. The van der Waals surface area contributed by atoms with Gasteiger partial charge in [0.15, 0.2) is 18.1 Å². The van der Waals surface area contributed by atoms with Crippen LogP contribution in [0.5, 0.6) is 11.5 Å². The minimum atomic E-state index is -0.433. The fraction of sp³-hybridized carbons (Fsp3) is 0.636. The van der Waals surface area contributed by atoms with Gasteiger partial charge in [-0.25, -0.2) is 0 Å². The molecule has 1 rings (SSSR count). The van der Waals surface area contributed by atoms with Crippen LogP contribution in [0.4, 0.5) is 0 Å². The lowest BCUT2D eigenvalue weighted by Gasteiger charge is -2.15. The lowest BCUT2D eigenvalue weighted by Crippen LogP contribution is -2.20. The van der Waals surface area contributed by atoms with Gasteiger partial charge in [0.2, 0.25) is 5.90 Å². The summed E-state index contributed by atoms with van der Waals surface area (Å²) < 4.78 is 11.4. The van der Waals surface area contributed by atoms with Crippen LogP contribution in [0.3, 0.4) is 0 Å². The largest absolute Gasteiger partial charge is 0.483 e. The Morgan fingerprint density at radius 3 is 2.68 bits per heavy atom. The topological polar surface area (TPSA) is 69.2 Å². The Hall–Kier alpha value is -2.08. The fourth-order valence-corrected chi connectivity index (χ4v) is 2.61. The number of nitrogens with zero attached hydrogens (tertiary/aromatic N) is 1. The van der Waals surface area contributed by atoms with Crippen molar-refractivity contribution in [1.82, 2.24) is 5.32 Å². The first-order valence-electron chi connectivity index (χ1n) is 10.4. The van der Waals surface area contributed by atoms with E-state index < -0.39 is 6.10 Å². The number of hydrogen-bond donors (Lipinski definition) is 1. The maximum Gasteiger partial charge on any atom is 0.223 e. The summed E-state index contributed by atoms with van der Waals surface area (Å²) in [7, 11) is 0. The van der Waals surface area contributed by atoms with E-state index in [0.29, 0.717) is 36.3 Å². The summed E-state index contributed by atoms with van der Waals surface area (Å²) in [5.41, 5.74) is 0. The highest BCUT2D eigenvalue weighted by atomic mass is 16.6. The highest BCUT2D eigenvalue weighted by Gasteiger charge is 2.10. The summed E-state index contributed by atoms with van der Waals surface area (Å²) in [5.74, 6) is 2.11. The molecule has 0 aliphatic heterocycles. The first kappa shape index (κ1) is 24.0. The normalized spacial score (nSPS) is 13.6. The van der Waals surface area contributed by atoms with Crippen molar-refractivity contribution < 1.29 is 19.1 Å². The number of aldehydes is 1. The molecule has 0 radical (unpaired) electrons. The van der Waals surface area contributed by atoms with Crippen molar-refractivity contribution in [1.29, 1.82) is 0 Å². The SMILES string of the molecule is CCCCC(C=O)Oc1cccc(O/N=C(\C)OCC(CC)CCNCC)c1. The van der Waals surface area contributed by atoms with Crippen LogP contribution in [0.25, 0.3) is 0 Å². The van der Waals surface area contributed by atoms with Crippen molar-refractivity contribution in [2.45, 2.75) is 65.9 Å². The zero-order valence-corrected chi connectivity index (χ0v) is 17.8. The van der Waals surface area contributed by atoms with Gasteiger partial charge in [-0.05, 0) is 55.6 Å². The molecule has 0 heterocycles. The Morgan fingerprint density at radius 1 is 1.21 bits per heavy atom. The Labute approximate surface area is 169 Å². The zero-order chi connectivity index (χ0) is 20.6. The number of carbonyl (C=O) groups excluding carboxylic acids is 1. The summed E-state index contributed by atoms with van der Waals surface area (Å²) in [6.07, 6.45) is 5.24. The van der Waals surface area contributed by atoms with E-state index in [2.05, 4.69) is 31.2 Å². The molecule has 0 aliphatic rings. The van der Waals surface area contributed by atoms with E-state index >= 15 is 0 Å². The zero-order valence-electron chi connectivity index (χ0n) is 17.8. The lowest BCUT2D eigenvalue weighted by atomic mass is 10.0. The van der Waals surface area contributed by atoms with Crippen LogP contribution in [0.1, 0.15) is 59.8 Å². The van der Waals surface area contributed by atoms with Crippen LogP contribution in [-0.2, 0) is 9.53 Å². The van der Waals surface area contributed by atoms with Crippen molar-refractivity contribution in [2.75, 3.05) is 19.7 Å². The van der Waals surface area contributed by atoms with Gasteiger partial charge in [0.05, 0.1) is 6.61 Å². The Balaban J connectivity index is 2.50. The third-order valence-electron chi connectivity index (χ3n) is 4.45. The second kappa shape index (κ2) is 14.9. The summed E-state index contributed by atoms with van der Waals surface area (Å²) in [5, 5.41) is 7.38. The molecule has 0 aromatic heterocycles. The molecule has 0 amide bonds. The van der Waals surface area contributed by atoms with Gasteiger partial charge in [0.1, 0.15) is 5.75 Å². The quantitative estimate of drug-likeness (QED) is 0.156. The van der Waals surface area contributed by atoms with Crippen molar-refractivity contribution in [3.63, 3.8) is 0 Å². The lowest BCUT2D eigenvalue weighted by molar-refractivity contribution is -0.114. The molecule has 6 heteroatoms. The van der Waals surface area contributed by atoms with Crippen molar-refractivity contribution >= 4 is 12.2 Å². The van der Waals surface area contributed by atoms with E-state index in [4.69, 9.17) is 14.3 Å². The average molecular weight is 393 g/mol. The highest BCUT2D eigenvalue weighted by molar-refractivity contribution is 5.72. The molecular formula is C22H36N2O4. The first-order valence-corrected chi connectivity index (χ1v) is 10.4. The second-order valence-corrected chi connectivity index (χ2v) is 6.84. The molecule has 0 aliphatic carbocycles. The summed E-state index contributed by atoms with van der Waals surface area (Å²) in [4.78, 5) is 16.6. The van der Waals surface area contributed by atoms with Crippen LogP contribution in [-0.4, -0.2) is 38.0 Å². The van der Waals surface area contributed by atoms with Gasteiger partial charge >= 0.3 is 0 Å². The van der Waals surface area contributed by atoms with Gasteiger partial charge in [-0.15, -0.1) is 0 Å². The molecule has 6 nitrogen and oxygen atoms in total. The van der Waals surface area contributed by atoms with Gasteiger partial charge in [-0.2, -0.15) is 0 Å². The third kappa shape index (κ3) is 10.3. The van der Waals surface area contributed by atoms with Crippen LogP contribution >= 0.6 is 0 Å². The van der Waals surface area contributed by atoms with Crippen molar-refractivity contribution in [3.05, 3.63) is 24.3 Å². The van der Waals surface area contributed by atoms with Crippen LogP contribution in [0.15, 0.2) is 29.4 Å². The molecule has 0 spiro atoms. The number of unbranched alkanes of at least 4 members (excludes halogenated alkanes) is 1. The molecule has 0 saturated heterocycles. The van der Waals surface area contributed by atoms with Gasteiger partial charge in [-0.3, -0.25) is 4.79 Å². The molecule has 0 fully saturated rings. The summed E-state index contributed by atoms with van der Waals surface area (Å²) >= 11 is 0. The minimum Gasteiger partial charge on any atom is -0.483 e. The van der Waals surface area contributed by atoms with Gasteiger partial charge in [0.25, 0.3) is 0 Å². The minimum absolute atomic E-state index is 0.433. The smallest absolute Gasteiger partial charge is 0.223 e. The van der Waals surface area contributed by atoms with Crippen molar-refractivity contribution in [3.8, 4) is 11.5 Å². The number of hydrogen-bond acceptors (Lipinski definition) is 6. The number of rotatable bonds is 15. The molecule has 1 aromatic carbocycles. The first-order chi connectivity index (χ1) is 13.6. The average Bonchev–Trinajstić information content (AvgIpc) is 2.72. The highest BCUT2D eigenvalue weighted by Crippen LogP contribution is 2.21. The maximum atomic E-state index is 11.2. The van der Waals surface area contributed by atoms with E-state index in [0.717, 1.165) is 45.1 Å². The van der Waals surface area contributed by atoms with E-state index in [1.165, 1.54) is 0 Å². The number of nitrogens with one attached hydrogen (secondary N) is 1. The van der Waals surface area contributed by atoms with Crippen LogP contribution in [0.2, 0.25) is 0 Å². The number of ether oxygens (including phenoxy) is 2. The molecule has 1 aromatic rings. The molecule has 1 N–H and O–H groups in total. The Morgan fingerprint density at radius 2 is 2.00 bits per heavy atom. The molecular weight excluding hydrogens is 356 g/mol. The molecule has 2 atom stereocenters. The summed E-state index contributed by atoms with van der Waals surface area (Å²) in [6, 6.07) is 7.13. The number of oxime groups is 1. The molecule has 0 saturated carbocycles. The third-order valence-corrected chi connectivity index (χ3v) is 4.45. The maximum absolute atomic E-state index is 11.2. The standard InChI is InChI=1S/C22H36N2O4/c1-5-8-10-22(16-25)27-20-11-9-12-21(15-20)28-24-18(4)26-17-19(6-2)13-14-23-7-3/h9,11-12,15-16,19,22-23H,5-8,10,13-14,17H2,1-4H3/b24-18+. The van der Waals surface area contributed by atoms with Crippen molar-refractivity contribution in [2.24, 2.45) is 11.1 Å². The van der Waals surface area contributed by atoms with Gasteiger partial charge in [-0.1, -0.05) is 39.7 Å². The summed E-state index contributed by atoms with van der Waals surface area (Å²) in [6.45, 7) is 10.8. The Bertz CT molecular complexity index is 577. The fourth-order valence-electron chi connectivity index (χ4n) is 2.61. The monoisotopic (exact) mass is 392 g/mol. The molecule has 2 unspecified atom stereocenters. The van der Waals surface area contributed by atoms with Crippen LogP contribution in [0, 0.1) is 5.92 Å². The number of benzene rings is 1. The van der Waals surface area contributed by atoms with Gasteiger partial charge < -0.3 is 19.6 Å². The predicted molar refractivity (Wildman–Crippen MR) is 113 cm³/mol. The van der Waals surface area contributed by atoms with Gasteiger partial charge in [0, 0.05) is 13.0 Å². The van der Waals surface area contributed by atoms with Crippen LogP contribution < -0.4 is 14.9 Å². The van der Waals surface area contributed by atoms with E-state index in [1.54, 1.807) is 25.1 Å². The molecule has 158 valence electrons. The predicted octanol–water partition coefficient (Wildman–Crippen LogP) is 4.58.